The third-order valence-electron chi connectivity index (χ3n) is 5.55. The van der Waals surface area contributed by atoms with Crippen LogP contribution >= 0.6 is 22.9 Å². The van der Waals surface area contributed by atoms with E-state index in [4.69, 9.17) is 26.1 Å². The Kier molecular flexibility index (Phi) is 8.14. The monoisotopic (exact) mass is 550 g/mol. The molecule has 4 rings (SSSR count). The van der Waals surface area contributed by atoms with Gasteiger partial charge in [0.2, 0.25) is 0 Å². The molecule has 7 nitrogen and oxygen atoms in total. The first-order valence-corrected chi connectivity index (χ1v) is 13.3. The van der Waals surface area contributed by atoms with Gasteiger partial charge in [0, 0.05) is 16.0 Å². The number of esters is 2. The Morgan fingerprint density at radius 3 is 2.21 bits per heavy atom. The number of halogens is 1. The van der Waals surface area contributed by atoms with Gasteiger partial charge in [-0.25, -0.2) is 14.6 Å². The number of pyridine rings is 1. The molecule has 2 aromatic carbocycles. The number of thiophene rings is 1. The minimum Gasteiger partial charge on any atom is -0.459 e. The summed E-state index contributed by atoms with van der Waals surface area (Å²) in [5.41, 5.74) is 2.90. The van der Waals surface area contributed by atoms with Crippen molar-refractivity contribution in [3.63, 3.8) is 0 Å². The Morgan fingerprint density at radius 2 is 1.55 bits per heavy atom. The molecule has 1 N–H and O–H groups in total. The van der Waals surface area contributed by atoms with Gasteiger partial charge in [-0.05, 0) is 64.4 Å². The molecule has 2 heterocycles. The van der Waals surface area contributed by atoms with E-state index in [1.807, 2.05) is 36.4 Å². The van der Waals surface area contributed by atoms with Crippen molar-refractivity contribution in [2.75, 3.05) is 5.32 Å². The Bertz CT molecular complexity index is 1530. The van der Waals surface area contributed by atoms with Gasteiger partial charge < -0.3 is 14.8 Å². The lowest BCUT2D eigenvalue weighted by Gasteiger charge is -2.12. The second kappa shape index (κ2) is 11.3. The Balaban J connectivity index is 1.79. The smallest absolute Gasteiger partial charge is 0.348 e. The molecule has 2 aromatic heterocycles. The van der Waals surface area contributed by atoms with Crippen LogP contribution in [0, 0.1) is 6.92 Å². The molecule has 9 heteroatoms. The first kappa shape index (κ1) is 27.3. The van der Waals surface area contributed by atoms with Crippen molar-refractivity contribution in [3.8, 4) is 11.3 Å². The second-order valence-electron chi connectivity index (χ2n) is 9.20. The fourth-order valence-corrected chi connectivity index (χ4v) is 5.08. The number of hydrogen-bond acceptors (Lipinski definition) is 7. The number of hydrogen-bond donors (Lipinski definition) is 1. The molecule has 0 bridgehead atoms. The summed E-state index contributed by atoms with van der Waals surface area (Å²) in [7, 11) is 0. The van der Waals surface area contributed by atoms with Crippen LogP contribution in [0.3, 0.4) is 0 Å². The summed E-state index contributed by atoms with van der Waals surface area (Å²) < 4.78 is 10.8. The van der Waals surface area contributed by atoms with E-state index in [1.165, 1.54) is 0 Å². The number of carbonyl (C=O) groups excluding carboxylic acids is 3. The van der Waals surface area contributed by atoms with E-state index in [0.29, 0.717) is 32.7 Å². The second-order valence-corrected chi connectivity index (χ2v) is 10.7. The lowest BCUT2D eigenvalue weighted by molar-refractivity contribution is 0.0378. The fraction of sp³-hybridized carbons (Fsp3) is 0.241. The molecule has 0 saturated carbocycles. The number of para-hydroxylation sites is 1. The number of anilines is 1. The third-order valence-corrected chi connectivity index (χ3v) is 6.99. The topological polar surface area (TPSA) is 94.6 Å². The number of benzene rings is 2. The van der Waals surface area contributed by atoms with Gasteiger partial charge in [-0.2, -0.15) is 0 Å². The van der Waals surface area contributed by atoms with Gasteiger partial charge >= 0.3 is 11.9 Å². The molecule has 0 aliphatic carbocycles. The molecular formula is C29H27ClN2O5S. The van der Waals surface area contributed by atoms with Crippen LogP contribution in [0.25, 0.3) is 22.2 Å². The summed E-state index contributed by atoms with van der Waals surface area (Å²) in [5.74, 6) is -1.66. The highest BCUT2D eigenvalue weighted by Gasteiger charge is 2.29. The summed E-state index contributed by atoms with van der Waals surface area (Å²) in [6.07, 6.45) is -0.731. The molecule has 4 aromatic rings. The van der Waals surface area contributed by atoms with E-state index < -0.39 is 17.8 Å². The fourth-order valence-electron chi connectivity index (χ4n) is 3.88. The van der Waals surface area contributed by atoms with Gasteiger partial charge in [-0.15, -0.1) is 11.3 Å². The lowest BCUT2D eigenvalue weighted by Crippen LogP contribution is -2.17. The Labute approximate surface area is 229 Å². The average Bonchev–Trinajstić information content (AvgIpc) is 3.18. The van der Waals surface area contributed by atoms with Crippen molar-refractivity contribution in [1.82, 2.24) is 4.98 Å². The maximum absolute atomic E-state index is 13.7. The van der Waals surface area contributed by atoms with E-state index in [0.717, 1.165) is 16.9 Å². The van der Waals surface area contributed by atoms with Crippen LogP contribution in [0.15, 0.2) is 54.6 Å². The summed E-state index contributed by atoms with van der Waals surface area (Å²) in [6.45, 7) is 8.58. The number of carbonyl (C=O) groups is 3. The number of ether oxygens (including phenoxy) is 2. The maximum Gasteiger partial charge on any atom is 0.348 e. The lowest BCUT2D eigenvalue weighted by atomic mass is 10.0. The molecule has 38 heavy (non-hydrogen) atoms. The molecule has 1 amide bonds. The number of aromatic nitrogens is 1. The van der Waals surface area contributed by atoms with Gasteiger partial charge in [-0.3, -0.25) is 4.79 Å². The Hall–Kier alpha value is -3.75. The van der Waals surface area contributed by atoms with Crippen molar-refractivity contribution >= 4 is 56.7 Å². The minimum absolute atomic E-state index is 0.129. The zero-order chi connectivity index (χ0) is 27.6. The van der Waals surface area contributed by atoms with Crippen LogP contribution < -0.4 is 5.32 Å². The number of nitrogens with one attached hydrogen (secondary N) is 1. The van der Waals surface area contributed by atoms with Crippen LogP contribution in [0.1, 0.15) is 63.6 Å². The molecule has 0 saturated heterocycles. The van der Waals surface area contributed by atoms with Crippen molar-refractivity contribution < 1.29 is 23.9 Å². The number of fused-ring (bicyclic) bond motifs is 1. The van der Waals surface area contributed by atoms with Crippen molar-refractivity contribution in [2.45, 2.75) is 46.8 Å². The zero-order valence-corrected chi connectivity index (χ0v) is 23.2. The van der Waals surface area contributed by atoms with Crippen LogP contribution in [0.4, 0.5) is 5.00 Å². The van der Waals surface area contributed by atoms with Crippen LogP contribution in [0.5, 0.6) is 0 Å². The highest BCUT2D eigenvalue weighted by atomic mass is 35.5. The van der Waals surface area contributed by atoms with Crippen molar-refractivity contribution in [3.05, 3.63) is 81.2 Å². The van der Waals surface area contributed by atoms with Crippen molar-refractivity contribution in [1.29, 1.82) is 0 Å². The van der Waals surface area contributed by atoms with Crippen LogP contribution in [0.2, 0.25) is 5.02 Å². The van der Waals surface area contributed by atoms with E-state index in [9.17, 15) is 14.4 Å². The van der Waals surface area contributed by atoms with Gasteiger partial charge in [-0.1, -0.05) is 41.9 Å². The van der Waals surface area contributed by atoms with Gasteiger partial charge in [0.1, 0.15) is 9.88 Å². The normalized spacial score (nSPS) is 11.2. The Morgan fingerprint density at radius 1 is 0.921 bits per heavy atom. The highest BCUT2D eigenvalue weighted by molar-refractivity contribution is 7.18. The van der Waals surface area contributed by atoms with Gasteiger partial charge in [0.25, 0.3) is 5.91 Å². The standard InChI is InChI=1S/C29H27ClN2O5S/c1-15(2)36-28(34)24-17(5)25(29(35)37-16(3)4)38-27(24)32-26(33)21-14-23(18-10-12-19(30)13-11-18)31-22-9-7-6-8-20(21)22/h6-16H,1-5H3,(H,32,33). The SMILES string of the molecule is Cc1c(C(=O)OC(C)C)sc(NC(=O)c2cc(-c3ccc(Cl)cc3)nc3ccccc23)c1C(=O)OC(C)C. The molecule has 0 spiro atoms. The van der Waals surface area contributed by atoms with Crippen LogP contribution in [-0.2, 0) is 9.47 Å². The van der Waals surface area contributed by atoms with Gasteiger partial charge in [0.15, 0.2) is 0 Å². The molecule has 0 radical (unpaired) electrons. The van der Waals surface area contributed by atoms with Crippen LogP contribution in [-0.4, -0.2) is 35.0 Å². The number of nitrogens with zero attached hydrogens (tertiary/aromatic N) is 1. The van der Waals surface area contributed by atoms with Gasteiger partial charge in [0.05, 0.1) is 34.5 Å². The molecule has 196 valence electrons. The van der Waals surface area contributed by atoms with E-state index in [-0.39, 0.29) is 27.6 Å². The maximum atomic E-state index is 13.7. The third kappa shape index (κ3) is 5.87. The molecule has 0 aliphatic rings. The molecule has 0 aliphatic heterocycles. The van der Waals surface area contributed by atoms with E-state index in [2.05, 4.69) is 5.32 Å². The molecular weight excluding hydrogens is 524 g/mol. The van der Waals surface area contributed by atoms with E-state index >= 15 is 0 Å². The molecule has 0 unspecified atom stereocenters. The first-order valence-electron chi connectivity index (χ1n) is 12.1. The predicted octanol–water partition coefficient (Wildman–Crippen LogP) is 7.31. The molecule has 0 atom stereocenters. The first-order chi connectivity index (χ1) is 18.0. The quantitative estimate of drug-likeness (QED) is 0.242. The zero-order valence-electron chi connectivity index (χ0n) is 21.6. The molecule has 0 fully saturated rings. The van der Waals surface area contributed by atoms with E-state index in [1.54, 1.807) is 52.8 Å². The summed E-state index contributed by atoms with van der Waals surface area (Å²) in [5, 5.41) is 4.29. The largest absolute Gasteiger partial charge is 0.459 e. The highest BCUT2D eigenvalue weighted by Crippen LogP contribution is 2.36. The summed E-state index contributed by atoms with van der Waals surface area (Å²) in [6, 6.07) is 16.2. The number of amides is 1. The van der Waals surface area contributed by atoms with Crippen molar-refractivity contribution in [2.24, 2.45) is 0 Å². The predicted molar refractivity (Wildman–Crippen MR) is 150 cm³/mol. The summed E-state index contributed by atoms with van der Waals surface area (Å²) in [4.78, 5) is 44.4. The summed E-state index contributed by atoms with van der Waals surface area (Å²) >= 11 is 7.03. The minimum atomic E-state index is -0.630. The average molecular weight is 551 g/mol. The number of rotatable bonds is 7.